The van der Waals surface area contributed by atoms with Gasteiger partial charge in [0.1, 0.15) is 0 Å². The molecule has 4 heteroatoms. The first-order chi connectivity index (χ1) is 5.76. The van der Waals surface area contributed by atoms with Gasteiger partial charge in [-0.3, -0.25) is 4.79 Å². The van der Waals surface area contributed by atoms with Crippen LogP contribution in [0.25, 0.3) is 0 Å². The molecule has 0 aromatic carbocycles. The molecule has 12 heavy (non-hydrogen) atoms. The maximum atomic E-state index is 11.0. The molecule has 0 saturated carbocycles. The molecule has 0 unspecified atom stereocenters. The monoisotopic (exact) mass is 173 g/mol. The third kappa shape index (κ3) is 4.10. The minimum Gasteiger partial charge on any atom is -0.395 e. The van der Waals surface area contributed by atoms with Gasteiger partial charge >= 0.3 is 0 Å². The fourth-order valence-corrected chi connectivity index (χ4v) is 0.783. The molecule has 0 fully saturated rings. The summed E-state index contributed by atoms with van der Waals surface area (Å²) in [5, 5.41) is 8.61. The number of carbonyl (C=O) groups excluding carboxylic acids is 1. The summed E-state index contributed by atoms with van der Waals surface area (Å²) in [6, 6.07) is 0. The number of aliphatic hydroxyl groups is 1. The zero-order valence-corrected chi connectivity index (χ0v) is 7.32. The first-order valence-electron chi connectivity index (χ1n) is 3.77. The predicted octanol–water partition coefficient (Wildman–Crippen LogP) is -0.360. The Labute approximate surface area is 72.4 Å². The van der Waals surface area contributed by atoms with Crippen LogP contribution in [0.15, 0.2) is 12.7 Å². The van der Waals surface area contributed by atoms with E-state index in [1.54, 1.807) is 7.11 Å². The van der Waals surface area contributed by atoms with Gasteiger partial charge in [-0.05, 0) is 6.08 Å². The Morgan fingerprint density at radius 3 is 2.75 bits per heavy atom. The molecule has 0 rings (SSSR count). The number of amides is 1. The molecule has 1 N–H and O–H groups in total. The van der Waals surface area contributed by atoms with Crippen molar-refractivity contribution in [2.45, 2.75) is 0 Å². The molecule has 0 aromatic rings. The van der Waals surface area contributed by atoms with E-state index in [-0.39, 0.29) is 12.5 Å². The second kappa shape index (κ2) is 6.82. The molecule has 0 aliphatic carbocycles. The van der Waals surface area contributed by atoms with E-state index < -0.39 is 0 Å². The minimum atomic E-state index is -0.180. The van der Waals surface area contributed by atoms with Crippen LogP contribution in [-0.2, 0) is 9.53 Å². The summed E-state index contributed by atoms with van der Waals surface area (Å²) in [5.74, 6) is -0.180. The average Bonchev–Trinajstić information content (AvgIpc) is 2.11. The summed E-state index contributed by atoms with van der Waals surface area (Å²) in [7, 11) is 1.56. The van der Waals surface area contributed by atoms with Crippen molar-refractivity contribution in [2.75, 3.05) is 33.4 Å². The Bertz CT molecular complexity index is 147. The summed E-state index contributed by atoms with van der Waals surface area (Å²) in [4.78, 5) is 12.5. The van der Waals surface area contributed by atoms with E-state index in [1.165, 1.54) is 11.0 Å². The zero-order valence-electron chi connectivity index (χ0n) is 7.32. The van der Waals surface area contributed by atoms with Crippen molar-refractivity contribution in [3.05, 3.63) is 12.7 Å². The smallest absolute Gasteiger partial charge is 0.246 e. The van der Waals surface area contributed by atoms with E-state index in [1.807, 2.05) is 0 Å². The number of aliphatic hydroxyl groups excluding tert-OH is 1. The molecule has 0 aliphatic heterocycles. The van der Waals surface area contributed by atoms with E-state index in [9.17, 15) is 4.79 Å². The van der Waals surface area contributed by atoms with Crippen LogP contribution in [0, 0.1) is 0 Å². The Kier molecular flexibility index (Phi) is 6.32. The first-order valence-corrected chi connectivity index (χ1v) is 3.77. The van der Waals surface area contributed by atoms with Crippen molar-refractivity contribution in [1.82, 2.24) is 4.90 Å². The summed E-state index contributed by atoms with van der Waals surface area (Å²) >= 11 is 0. The summed E-state index contributed by atoms with van der Waals surface area (Å²) < 4.78 is 4.80. The van der Waals surface area contributed by atoms with Gasteiger partial charge in [0.15, 0.2) is 0 Å². The van der Waals surface area contributed by atoms with Gasteiger partial charge in [0.05, 0.1) is 13.2 Å². The number of rotatable bonds is 6. The highest BCUT2D eigenvalue weighted by atomic mass is 16.5. The normalized spacial score (nSPS) is 9.50. The van der Waals surface area contributed by atoms with E-state index in [0.717, 1.165) is 0 Å². The Morgan fingerprint density at radius 1 is 1.67 bits per heavy atom. The molecule has 0 radical (unpaired) electrons. The fourth-order valence-electron chi connectivity index (χ4n) is 0.783. The SMILES string of the molecule is C=CC(=O)N(CCO)CCOC. The molecule has 0 heterocycles. The number of hydrogen-bond acceptors (Lipinski definition) is 3. The largest absolute Gasteiger partial charge is 0.395 e. The van der Waals surface area contributed by atoms with Crippen LogP contribution in [0.5, 0.6) is 0 Å². The van der Waals surface area contributed by atoms with E-state index >= 15 is 0 Å². The second-order valence-corrected chi connectivity index (χ2v) is 2.25. The van der Waals surface area contributed by atoms with Gasteiger partial charge in [-0.15, -0.1) is 0 Å². The Balaban J connectivity index is 3.84. The van der Waals surface area contributed by atoms with Crippen molar-refractivity contribution < 1.29 is 14.6 Å². The fraction of sp³-hybridized carbons (Fsp3) is 0.625. The molecular formula is C8H15NO3. The van der Waals surface area contributed by atoms with E-state index in [0.29, 0.717) is 19.7 Å². The lowest BCUT2D eigenvalue weighted by Gasteiger charge is -2.19. The van der Waals surface area contributed by atoms with Crippen LogP contribution in [0.3, 0.4) is 0 Å². The molecule has 0 aliphatic rings. The lowest BCUT2D eigenvalue weighted by molar-refractivity contribution is -0.127. The molecular weight excluding hydrogens is 158 g/mol. The molecule has 0 spiro atoms. The maximum Gasteiger partial charge on any atom is 0.246 e. The van der Waals surface area contributed by atoms with Crippen LogP contribution >= 0.6 is 0 Å². The van der Waals surface area contributed by atoms with Crippen molar-refractivity contribution in [2.24, 2.45) is 0 Å². The number of hydrogen-bond donors (Lipinski definition) is 1. The van der Waals surface area contributed by atoms with Crippen LogP contribution in [-0.4, -0.2) is 49.3 Å². The van der Waals surface area contributed by atoms with Gasteiger partial charge in [0.25, 0.3) is 0 Å². The predicted molar refractivity (Wildman–Crippen MR) is 45.7 cm³/mol. The third-order valence-corrected chi connectivity index (χ3v) is 1.42. The first kappa shape index (κ1) is 11.1. The summed E-state index contributed by atoms with van der Waals surface area (Å²) in [5.41, 5.74) is 0. The molecule has 0 aromatic heterocycles. The van der Waals surface area contributed by atoms with Gasteiger partial charge in [0.2, 0.25) is 5.91 Å². The molecule has 70 valence electrons. The molecule has 0 bridgehead atoms. The number of nitrogens with zero attached hydrogens (tertiary/aromatic N) is 1. The third-order valence-electron chi connectivity index (χ3n) is 1.42. The van der Waals surface area contributed by atoms with Crippen molar-refractivity contribution >= 4 is 5.91 Å². The van der Waals surface area contributed by atoms with Gasteiger partial charge in [-0.25, -0.2) is 0 Å². The molecule has 1 amide bonds. The highest BCUT2D eigenvalue weighted by Crippen LogP contribution is 1.90. The van der Waals surface area contributed by atoms with Gasteiger partial charge in [0, 0.05) is 20.2 Å². The average molecular weight is 173 g/mol. The number of carbonyl (C=O) groups is 1. The Morgan fingerprint density at radius 2 is 2.33 bits per heavy atom. The minimum absolute atomic E-state index is 0.0384. The molecule has 0 saturated heterocycles. The van der Waals surface area contributed by atoms with Crippen LogP contribution in [0.4, 0.5) is 0 Å². The molecule has 0 atom stereocenters. The van der Waals surface area contributed by atoms with Crippen LogP contribution in [0.1, 0.15) is 0 Å². The lowest BCUT2D eigenvalue weighted by Crippen LogP contribution is -2.34. The van der Waals surface area contributed by atoms with Gasteiger partial charge < -0.3 is 14.7 Å². The number of ether oxygens (including phenoxy) is 1. The maximum absolute atomic E-state index is 11.0. The van der Waals surface area contributed by atoms with Crippen LogP contribution in [0.2, 0.25) is 0 Å². The number of methoxy groups -OCH3 is 1. The zero-order chi connectivity index (χ0) is 9.40. The van der Waals surface area contributed by atoms with E-state index in [2.05, 4.69) is 6.58 Å². The standard InChI is InChI=1S/C8H15NO3/c1-3-8(11)9(4-6-10)5-7-12-2/h3,10H,1,4-7H2,2H3. The van der Waals surface area contributed by atoms with Crippen LogP contribution < -0.4 is 0 Å². The topological polar surface area (TPSA) is 49.8 Å². The second-order valence-electron chi connectivity index (χ2n) is 2.25. The molecule has 4 nitrogen and oxygen atoms in total. The highest BCUT2D eigenvalue weighted by molar-refractivity contribution is 5.86. The summed E-state index contributed by atoms with van der Waals surface area (Å²) in [6.45, 7) is 4.61. The Hall–Kier alpha value is -0.870. The lowest BCUT2D eigenvalue weighted by atomic mass is 10.4. The quantitative estimate of drug-likeness (QED) is 0.558. The highest BCUT2D eigenvalue weighted by Gasteiger charge is 2.07. The van der Waals surface area contributed by atoms with Gasteiger partial charge in [-0.2, -0.15) is 0 Å². The van der Waals surface area contributed by atoms with Crippen molar-refractivity contribution in [3.63, 3.8) is 0 Å². The van der Waals surface area contributed by atoms with Crippen molar-refractivity contribution in [1.29, 1.82) is 0 Å². The van der Waals surface area contributed by atoms with E-state index in [4.69, 9.17) is 9.84 Å². The van der Waals surface area contributed by atoms with Crippen molar-refractivity contribution in [3.8, 4) is 0 Å². The summed E-state index contributed by atoms with van der Waals surface area (Å²) in [6.07, 6.45) is 1.23. The van der Waals surface area contributed by atoms with Gasteiger partial charge in [-0.1, -0.05) is 6.58 Å².